The van der Waals surface area contributed by atoms with Gasteiger partial charge in [-0.3, -0.25) is 19.1 Å². The van der Waals surface area contributed by atoms with Crippen molar-refractivity contribution in [1.29, 1.82) is 0 Å². The monoisotopic (exact) mass is 448 g/mol. The average Bonchev–Trinajstić information content (AvgIpc) is 3.05. The highest BCUT2D eigenvalue weighted by Crippen LogP contribution is 2.25. The molecule has 9 nitrogen and oxygen atoms in total. The highest BCUT2D eigenvalue weighted by atomic mass is 16.2. The molecule has 33 heavy (non-hydrogen) atoms. The molecule has 1 aliphatic heterocycles. The molecule has 1 saturated heterocycles. The molecule has 1 aliphatic rings. The van der Waals surface area contributed by atoms with Crippen LogP contribution in [0.5, 0.6) is 0 Å². The number of hydrogen-bond donors (Lipinski definition) is 2. The first-order chi connectivity index (χ1) is 15.7. The number of hydrogen-bond acceptors (Lipinski definition) is 5. The van der Waals surface area contributed by atoms with E-state index in [4.69, 9.17) is 5.73 Å². The largest absolute Gasteiger partial charge is 0.366 e. The molecule has 3 amide bonds. The van der Waals surface area contributed by atoms with E-state index < -0.39 is 11.8 Å². The lowest BCUT2D eigenvalue weighted by Gasteiger charge is -2.31. The van der Waals surface area contributed by atoms with E-state index in [9.17, 15) is 14.4 Å². The number of rotatable bonds is 5. The summed E-state index contributed by atoms with van der Waals surface area (Å²) in [5.41, 5.74) is 8.63. The number of para-hydroxylation sites is 1. The second kappa shape index (κ2) is 9.01. The van der Waals surface area contributed by atoms with E-state index in [-0.39, 0.29) is 17.2 Å². The summed E-state index contributed by atoms with van der Waals surface area (Å²) in [5, 5.41) is 8.15. The minimum absolute atomic E-state index is 0.116. The molecule has 3 heterocycles. The van der Waals surface area contributed by atoms with E-state index in [0.29, 0.717) is 28.2 Å². The number of likely N-dealkylation sites (tertiary alicyclic amines) is 1. The predicted octanol–water partition coefficient (Wildman–Crippen LogP) is 2.66. The summed E-state index contributed by atoms with van der Waals surface area (Å²) in [6, 6.07) is 8.51. The Kier molecular flexibility index (Phi) is 6.13. The molecule has 2 aromatic heterocycles. The van der Waals surface area contributed by atoms with Gasteiger partial charge in [0.2, 0.25) is 11.8 Å². The molecular formula is C24H28N6O3. The van der Waals surface area contributed by atoms with Crippen LogP contribution in [0.3, 0.4) is 0 Å². The van der Waals surface area contributed by atoms with Crippen molar-refractivity contribution in [3.05, 3.63) is 53.0 Å². The van der Waals surface area contributed by atoms with Gasteiger partial charge in [0, 0.05) is 31.9 Å². The lowest BCUT2D eigenvalue weighted by atomic mass is 9.97. The van der Waals surface area contributed by atoms with Crippen molar-refractivity contribution in [3.8, 4) is 0 Å². The third-order valence-corrected chi connectivity index (χ3v) is 6.33. The number of nitrogens with one attached hydrogen (secondary N) is 1. The Morgan fingerprint density at radius 2 is 1.85 bits per heavy atom. The molecule has 3 aromatic rings. The Hall–Kier alpha value is -3.75. The van der Waals surface area contributed by atoms with Crippen LogP contribution in [0.15, 0.2) is 30.3 Å². The van der Waals surface area contributed by atoms with Gasteiger partial charge in [0.25, 0.3) is 5.91 Å². The molecule has 0 bridgehead atoms. The Bertz CT molecular complexity index is 1240. The van der Waals surface area contributed by atoms with Crippen molar-refractivity contribution in [3.63, 3.8) is 0 Å². The Morgan fingerprint density at radius 3 is 2.52 bits per heavy atom. The predicted molar refractivity (Wildman–Crippen MR) is 125 cm³/mol. The lowest BCUT2D eigenvalue weighted by molar-refractivity contribution is -0.130. The number of carbonyl (C=O) groups is 3. The number of primary amides is 1. The van der Waals surface area contributed by atoms with Crippen molar-refractivity contribution < 1.29 is 14.4 Å². The second-order valence-corrected chi connectivity index (χ2v) is 8.57. The Morgan fingerprint density at radius 1 is 1.15 bits per heavy atom. The van der Waals surface area contributed by atoms with Crippen LogP contribution >= 0.6 is 0 Å². The Labute approximate surface area is 192 Å². The van der Waals surface area contributed by atoms with Crippen molar-refractivity contribution in [1.82, 2.24) is 19.7 Å². The second-order valence-electron chi connectivity index (χ2n) is 8.57. The first-order valence-corrected chi connectivity index (χ1v) is 11.0. The van der Waals surface area contributed by atoms with Crippen LogP contribution in [0.2, 0.25) is 0 Å². The van der Waals surface area contributed by atoms with Gasteiger partial charge in [-0.1, -0.05) is 18.2 Å². The van der Waals surface area contributed by atoms with Crippen molar-refractivity contribution >= 4 is 34.3 Å². The first-order valence-electron chi connectivity index (χ1n) is 11.0. The number of amides is 3. The molecule has 0 unspecified atom stereocenters. The highest BCUT2D eigenvalue weighted by molar-refractivity contribution is 6.10. The van der Waals surface area contributed by atoms with Gasteiger partial charge in [-0.25, -0.2) is 4.98 Å². The van der Waals surface area contributed by atoms with Gasteiger partial charge < -0.3 is 16.0 Å². The number of benzene rings is 1. The molecule has 0 spiro atoms. The summed E-state index contributed by atoms with van der Waals surface area (Å²) < 4.78 is 1.92. The molecule has 0 radical (unpaired) electrons. The van der Waals surface area contributed by atoms with Crippen LogP contribution in [0.1, 0.15) is 52.0 Å². The van der Waals surface area contributed by atoms with Crippen LogP contribution in [-0.2, 0) is 11.3 Å². The minimum atomic E-state index is -0.612. The smallest absolute Gasteiger partial charge is 0.274 e. The quantitative estimate of drug-likeness (QED) is 0.621. The van der Waals surface area contributed by atoms with E-state index in [1.807, 2.05) is 23.4 Å². The van der Waals surface area contributed by atoms with Crippen LogP contribution < -0.4 is 11.1 Å². The van der Waals surface area contributed by atoms with E-state index >= 15 is 0 Å². The first kappa shape index (κ1) is 22.4. The molecule has 3 N–H and O–H groups in total. The highest BCUT2D eigenvalue weighted by Gasteiger charge is 2.24. The zero-order valence-corrected chi connectivity index (χ0v) is 19.1. The average molecular weight is 449 g/mol. The van der Waals surface area contributed by atoms with Crippen molar-refractivity contribution in [2.75, 3.05) is 18.4 Å². The van der Waals surface area contributed by atoms with Gasteiger partial charge in [-0.15, -0.1) is 0 Å². The summed E-state index contributed by atoms with van der Waals surface area (Å²) in [6.45, 7) is 7.63. The maximum absolute atomic E-state index is 13.0. The molecule has 0 saturated carbocycles. The van der Waals surface area contributed by atoms with Gasteiger partial charge in [0.1, 0.15) is 5.69 Å². The van der Waals surface area contributed by atoms with Gasteiger partial charge in [-0.2, -0.15) is 5.10 Å². The Balaban J connectivity index is 1.53. The topological polar surface area (TPSA) is 123 Å². The number of pyridine rings is 1. The van der Waals surface area contributed by atoms with Crippen molar-refractivity contribution in [2.24, 2.45) is 11.7 Å². The number of nitrogens with two attached hydrogens (primary N) is 1. The zero-order chi connectivity index (χ0) is 23.7. The number of carbonyl (C=O) groups excluding carboxylic acids is 3. The summed E-state index contributed by atoms with van der Waals surface area (Å²) in [7, 11) is 0. The van der Waals surface area contributed by atoms with Gasteiger partial charge in [0.05, 0.1) is 28.2 Å². The molecule has 1 aromatic carbocycles. The van der Waals surface area contributed by atoms with Crippen molar-refractivity contribution in [2.45, 2.75) is 40.2 Å². The molecule has 9 heteroatoms. The van der Waals surface area contributed by atoms with E-state index in [1.165, 1.54) is 6.07 Å². The molecule has 0 aliphatic carbocycles. The summed E-state index contributed by atoms with van der Waals surface area (Å²) >= 11 is 0. The molecule has 172 valence electrons. The molecular weight excluding hydrogens is 420 g/mol. The summed E-state index contributed by atoms with van der Waals surface area (Å²) in [6.07, 6.45) is 1.85. The summed E-state index contributed by atoms with van der Waals surface area (Å²) in [5.74, 6) is -0.504. The summed E-state index contributed by atoms with van der Waals surface area (Å²) in [4.78, 5) is 42.8. The number of aromatic nitrogens is 3. The van der Waals surface area contributed by atoms with E-state index in [0.717, 1.165) is 38.2 Å². The maximum Gasteiger partial charge on any atom is 0.274 e. The third-order valence-electron chi connectivity index (χ3n) is 6.33. The number of nitrogens with zero attached hydrogens (tertiary/aromatic N) is 4. The fourth-order valence-electron chi connectivity index (χ4n) is 4.40. The normalized spacial score (nSPS) is 14.5. The fraction of sp³-hybridized carbons (Fsp3) is 0.375. The van der Waals surface area contributed by atoms with E-state index in [1.54, 1.807) is 31.2 Å². The van der Waals surface area contributed by atoms with Crippen LogP contribution in [0.4, 0.5) is 5.69 Å². The van der Waals surface area contributed by atoms with Crippen LogP contribution in [-0.4, -0.2) is 50.5 Å². The maximum atomic E-state index is 13.0. The number of fused-ring (bicyclic) bond motifs is 1. The van der Waals surface area contributed by atoms with Crippen LogP contribution in [0.25, 0.3) is 10.9 Å². The molecule has 0 atom stereocenters. The van der Waals surface area contributed by atoms with Gasteiger partial charge in [0.15, 0.2) is 0 Å². The zero-order valence-electron chi connectivity index (χ0n) is 19.1. The van der Waals surface area contributed by atoms with Crippen LogP contribution in [0, 0.1) is 19.8 Å². The SMILES string of the molecule is CC(=O)N1CCC(Cn2nc(C)c(NC(=O)c3cc(C(N)=O)c4ccccc4n3)c2C)CC1. The standard InChI is InChI=1S/C24H28N6O3/c1-14-22(15(2)30(28-14)13-17-8-10-29(11-9-17)16(3)31)27-24(33)21-12-19(23(25)32)18-6-4-5-7-20(18)26-21/h4-7,12,17H,8-11,13H2,1-3H3,(H2,25,32)(H,27,33). The third kappa shape index (κ3) is 4.57. The van der Waals surface area contributed by atoms with E-state index in [2.05, 4.69) is 15.4 Å². The number of aryl methyl sites for hydroxylation is 1. The number of piperidine rings is 1. The van der Waals surface area contributed by atoms with Gasteiger partial charge >= 0.3 is 0 Å². The fourth-order valence-corrected chi connectivity index (χ4v) is 4.40. The molecule has 4 rings (SSSR count). The molecule has 1 fully saturated rings. The number of anilines is 1. The van der Waals surface area contributed by atoms with Gasteiger partial charge in [-0.05, 0) is 44.7 Å². The lowest BCUT2D eigenvalue weighted by Crippen LogP contribution is -2.38. The minimum Gasteiger partial charge on any atom is -0.366 e.